The highest BCUT2D eigenvalue weighted by Crippen LogP contribution is 2.27. The third-order valence-electron chi connectivity index (χ3n) is 1.66. The van der Waals surface area contributed by atoms with Gasteiger partial charge in [-0.3, -0.25) is 0 Å². The van der Waals surface area contributed by atoms with Crippen LogP contribution < -0.4 is 0 Å². The van der Waals surface area contributed by atoms with Crippen molar-refractivity contribution < 1.29 is 18.3 Å². The summed E-state index contributed by atoms with van der Waals surface area (Å²) in [6.07, 6.45) is -2.64. The molecule has 5 heteroatoms. The molecule has 0 spiro atoms. The first-order chi connectivity index (χ1) is 6.56. The number of hydrogen-bond acceptors (Lipinski definition) is 2. The average Bonchev–Trinajstić information content (AvgIpc) is 2.15. The Bertz CT molecular complexity index is 353. The fourth-order valence-electron chi connectivity index (χ4n) is 0.949. The van der Waals surface area contributed by atoms with Gasteiger partial charge in [-0.1, -0.05) is 17.7 Å². The predicted molar refractivity (Wildman–Crippen MR) is 47.7 cm³/mol. The van der Waals surface area contributed by atoms with E-state index in [-0.39, 0.29) is 16.1 Å². The standard InChI is InChI=1S/C9H7ClF2O2/c1-14-9(13)5-2-3-6(8(11)12)7(10)4-5/h2-4,8H,1H3. The van der Waals surface area contributed by atoms with E-state index in [0.717, 1.165) is 12.1 Å². The first-order valence-corrected chi connectivity index (χ1v) is 4.10. The van der Waals surface area contributed by atoms with Crippen LogP contribution in [0.3, 0.4) is 0 Å². The number of benzene rings is 1. The lowest BCUT2D eigenvalue weighted by molar-refractivity contribution is 0.0600. The van der Waals surface area contributed by atoms with Gasteiger partial charge in [0, 0.05) is 5.56 Å². The lowest BCUT2D eigenvalue weighted by Crippen LogP contribution is -2.01. The fourth-order valence-corrected chi connectivity index (χ4v) is 1.21. The second-order valence-electron chi connectivity index (χ2n) is 2.53. The maximum Gasteiger partial charge on any atom is 0.337 e. The van der Waals surface area contributed by atoms with Gasteiger partial charge in [-0.05, 0) is 12.1 Å². The molecule has 0 atom stereocenters. The summed E-state index contributed by atoms with van der Waals surface area (Å²) in [4.78, 5) is 11.0. The molecule has 0 fully saturated rings. The highest BCUT2D eigenvalue weighted by Gasteiger charge is 2.14. The molecule has 0 saturated heterocycles. The van der Waals surface area contributed by atoms with Crippen molar-refractivity contribution in [3.05, 3.63) is 34.3 Å². The molecule has 0 amide bonds. The summed E-state index contributed by atoms with van der Waals surface area (Å²) < 4.78 is 28.9. The van der Waals surface area contributed by atoms with Crippen LogP contribution >= 0.6 is 11.6 Å². The predicted octanol–water partition coefficient (Wildman–Crippen LogP) is 3.06. The molecule has 0 N–H and O–H groups in total. The van der Waals surface area contributed by atoms with E-state index in [4.69, 9.17) is 11.6 Å². The van der Waals surface area contributed by atoms with Crippen LogP contribution in [0.15, 0.2) is 18.2 Å². The van der Waals surface area contributed by atoms with Crippen molar-refractivity contribution in [3.63, 3.8) is 0 Å². The molecule has 0 heterocycles. The molecule has 0 aliphatic heterocycles. The van der Waals surface area contributed by atoms with Crippen molar-refractivity contribution in [2.75, 3.05) is 7.11 Å². The van der Waals surface area contributed by atoms with Crippen molar-refractivity contribution >= 4 is 17.6 Å². The number of alkyl halides is 2. The average molecular weight is 221 g/mol. The van der Waals surface area contributed by atoms with E-state index in [1.165, 1.54) is 13.2 Å². The number of esters is 1. The highest BCUT2D eigenvalue weighted by atomic mass is 35.5. The van der Waals surface area contributed by atoms with E-state index < -0.39 is 12.4 Å². The summed E-state index contributed by atoms with van der Waals surface area (Å²) in [6.45, 7) is 0. The number of rotatable bonds is 2. The lowest BCUT2D eigenvalue weighted by Gasteiger charge is -2.04. The van der Waals surface area contributed by atoms with Crippen molar-refractivity contribution in [2.45, 2.75) is 6.43 Å². The third kappa shape index (κ3) is 2.20. The molecule has 1 rings (SSSR count). The summed E-state index contributed by atoms with van der Waals surface area (Å²) >= 11 is 5.54. The van der Waals surface area contributed by atoms with Gasteiger partial charge in [-0.2, -0.15) is 0 Å². The summed E-state index contributed by atoms with van der Waals surface area (Å²) in [5.41, 5.74) is -0.138. The summed E-state index contributed by atoms with van der Waals surface area (Å²) in [5, 5.41) is -0.136. The topological polar surface area (TPSA) is 26.3 Å². The minimum atomic E-state index is -2.64. The minimum absolute atomic E-state index is 0.136. The second-order valence-corrected chi connectivity index (χ2v) is 2.94. The number of carbonyl (C=O) groups excluding carboxylic acids is 1. The maximum absolute atomic E-state index is 12.2. The SMILES string of the molecule is COC(=O)c1ccc(C(F)F)c(Cl)c1. The molecular formula is C9H7ClF2O2. The smallest absolute Gasteiger partial charge is 0.337 e. The Hall–Kier alpha value is -1.16. The molecule has 0 unspecified atom stereocenters. The minimum Gasteiger partial charge on any atom is -0.465 e. The Morgan fingerprint density at radius 3 is 2.57 bits per heavy atom. The Balaban J connectivity index is 3.06. The fraction of sp³-hybridized carbons (Fsp3) is 0.222. The number of ether oxygens (including phenoxy) is 1. The second kappa shape index (κ2) is 4.37. The molecule has 14 heavy (non-hydrogen) atoms. The Morgan fingerprint density at radius 1 is 1.50 bits per heavy atom. The number of methoxy groups -OCH3 is 1. The van der Waals surface area contributed by atoms with E-state index in [1.54, 1.807) is 0 Å². The lowest BCUT2D eigenvalue weighted by atomic mass is 10.1. The Kier molecular flexibility index (Phi) is 3.41. The molecule has 0 bridgehead atoms. The van der Waals surface area contributed by atoms with Crippen molar-refractivity contribution in [2.24, 2.45) is 0 Å². The quantitative estimate of drug-likeness (QED) is 0.716. The number of carbonyl (C=O) groups is 1. The van der Waals surface area contributed by atoms with E-state index >= 15 is 0 Å². The normalized spacial score (nSPS) is 10.4. The molecule has 76 valence electrons. The van der Waals surface area contributed by atoms with Gasteiger partial charge in [0.2, 0.25) is 0 Å². The van der Waals surface area contributed by atoms with Crippen LogP contribution in [0.1, 0.15) is 22.3 Å². The summed E-state index contributed by atoms with van der Waals surface area (Å²) in [6, 6.07) is 3.52. The molecule has 1 aromatic carbocycles. The monoisotopic (exact) mass is 220 g/mol. The molecule has 1 aromatic rings. The molecule has 0 radical (unpaired) electrons. The van der Waals surface area contributed by atoms with Crippen LogP contribution in [0, 0.1) is 0 Å². The molecular weight excluding hydrogens is 214 g/mol. The van der Waals surface area contributed by atoms with Crippen LogP contribution in [0.5, 0.6) is 0 Å². The van der Waals surface area contributed by atoms with Gasteiger partial charge in [-0.25, -0.2) is 13.6 Å². The summed E-state index contributed by atoms with van der Waals surface area (Å²) in [7, 11) is 1.21. The molecule has 0 aromatic heterocycles. The van der Waals surface area contributed by atoms with Gasteiger partial charge in [0.15, 0.2) is 0 Å². The number of halogens is 3. The van der Waals surface area contributed by atoms with Crippen LogP contribution in [0.2, 0.25) is 5.02 Å². The number of hydrogen-bond donors (Lipinski definition) is 0. The van der Waals surface area contributed by atoms with Gasteiger partial charge in [0.25, 0.3) is 6.43 Å². The zero-order chi connectivity index (χ0) is 10.7. The van der Waals surface area contributed by atoms with E-state index in [0.29, 0.717) is 0 Å². The Labute approximate surface area is 84.4 Å². The first kappa shape index (κ1) is 10.9. The van der Waals surface area contributed by atoms with Crippen molar-refractivity contribution in [3.8, 4) is 0 Å². The molecule has 2 nitrogen and oxygen atoms in total. The van der Waals surface area contributed by atoms with Gasteiger partial charge in [0.05, 0.1) is 17.7 Å². The van der Waals surface area contributed by atoms with Crippen LogP contribution in [-0.2, 0) is 4.74 Å². The van der Waals surface area contributed by atoms with Crippen LogP contribution in [0.4, 0.5) is 8.78 Å². The zero-order valence-corrected chi connectivity index (χ0v) is 8.02. The van der Waals surface area contributed by atoms with Crippen LogP contribution in [0.25, 0.3) is 0 Å². The van der Waals surface area contributed by atoms with Gasteiger partial charge in [-0.15, -0.1) is 0 Å². The molecule has 0 saturated carbocycles. The highest BCUT2D eigenvalue weighted by molar-refractivity contribution is 6.31. The maximum atomic E-state index is 12.2. The van der Waals surface area contributed by atoms with Gasteiger partial charge < -0.3 is 4.74 Å². The van der Waals surface area contributed by atoms with Gasteiger partial charge in [0.1, 0.15) is 0 Å². The van der Waals surface area contributed by atoms with Crippen LogP contribution in [-0.4, -0.2) is 13.1 Å². The molecule has 0 aliphatic carbocycles. The van der Waals surface area contributed by atoms with E-state index in [1.807, 2.05) is 0 Å². The summed E-state index contributed by atoms with van der Waals surface area (Å²) in [5.74, 6) is -0.604. The van der Waals surface area contributed by atoms with E-state index in [2.05, 4.69) is 4.74 Å². The van der Waals surface area contributed by atoms with Crippen molar-refractivity contribution in [1.82, 2.24) is 0 Å². The zero-order valence-electron chi connectivity index (χ0n) is 7.26. The third-order valence-corrected chi connectivity index (χ3v) is 1.98. The van der Waals surface area contributed by atoms with Crippen molar-refractivity contribution in [1.29, 1.82) is 0 Å². The Morgan fingerprint density at radius 2 is 2.14 bits per heavy atom. The molecule has 0 aliphatic rings. The van der Waals surface area contributed by atoms with Gasteiger partial charge >= 0.3 is 5.97 Å². The van der Waals surface area contributed by atoms with E-state index in [9.17, 15) is 13.6 Å². The first-order valence-electron chi connectivity index (χ1n) is 3.72. The largest absolute Gasteiger partial charge is 0.465 e.